The van der Waals surface area contributed by atoms with E-state index in [-0.39, 0.29) is 5.91 Å². The molecule has 0 unspecified atom stereocenters. The number of hydrogen-bond acceptors (Lipinski definition) is 1. The normalized spacial score (nSPS) is 14.5. The zero-order valence-corrected chi connectivity index (χ0v) is 9.10. The van der Waals surface area contributed by atoms with Gasteiger partial charge >= 0.3 is 0 Å². The van der Waals surface area contributed by atoms with Crippen molar-refractivity contribution < 1.29 is 4.79 Å². The summed E-state index contributed by atoms with van der Waals surface area (Å²) in [7, 11) is 0. The molecule has 0 radical (unpaired) electrons. The fourth-order valence-electron chi connectivity index (χ4n) is 1.09. The van der Waals surface area contributed by atoms with Crippen molar-refractivity contribution in [2.24, 2.45) is 0 Å². The van der Waals surface area contributed by atoms with Crippen LogP contribution in [-0.2, 0) is 0 Å². The van der Waals surface area contributed by atoms with Crippen LogP contribution in [0, 0.1) is 0 Å². The van der Waals surface area contributed by atoms with Crippen molar-refractivity contribution in [1.82, 2.24) is 4.90 Å². The molecule has 68 valence electrons. The highest BCUT2D eigenvalue weighted by atomic mass is 79.9. The molecule has 1 fully saturated rings. The Bertz CT molecular complexity index is 363. The predicted molar refractivity (Wildman–Crippen MR) is 55.1 cm³/mol. The van der Waals surface area contributed by atoms with Crippen molar-refractivity contribution in [3.8, 4) is 0 Å². The van der Waals surface area contributed by atoms with Crippen LogP contribution in [0.2, 0.25) is 5.02 Å². The molecule has 0 aromatic heterocycles. The quantitative estimate of drug-likeness (QED) is 0.711. The molecule has 1 saturated heterocycles. The standard InChI is InChI=1S/C9H7BrClNO/c10-8-5-6(11)1-2-7(8)9(13)12-3-4-12/h1-2,5H,3-4H2. The van der Waals surface area contributed by atoms with Gasteiger partial charge in [0.2, 0.25) is 0 Å². The van der Waals surface area contributed by atoms with Gasteiger partial charge in [0.15, 0.2) is 0 Å². The van der Waals surface area contributed by atoms with Crippen LogP contribution in [0.15, 0.2) is 22.7 Å². The molecule has 0 N–H and O–H groups in total. The first-order valence-corrected chi connectivity index (χ1v) is 5.10. The van der Waals surface area contributed by atoms with E-state index in [0.717, 1.165) is 17.6 Å². The Morgan fingerprint density at radius 1 is 1.46 bits per heavy atom. The first-order chi connectivity index (χ1) is 6.18. The molecule has 0 spiro atoms. The van der Waals surface area contributed by atoms with Gasteiger partial charge in [-0.3, -0.25) is 4.79 Å². The molecule has 1 heterocycles. The van der Waals surface area contributed by atoms with Gasteiger partial charge in [0.25, 0.3) is 5.91 Å². The Kier molecular flexibility index (Phi) is 2.30. The summed E-state index contributed by atoms with van der Waals surface area (Å²) in [5.74, 6) is 0.0727. The Balaban J connectivity index is 2.33. The Morgan fingerprint density at radius 3 is 2.69 bits per heavy atom. The Morgan fingerprint density at radius 2 is 2.15 bits per heavy atom. The number of benzene rings is 1. The first-order valence-electron chi connectivity index (χ1n) is 3.93. The van der Waals surface area contributed by atoms with E-state index in [1.54, 1.807) is 23.1 Å². The van der Waals surface area contributed by atoms with Crippen LogP contribution in [0.5, 0.6) is 0 Å². The zero-order chi connectivity index (χ0) is 9.42. The summed E-state index contributed by atoms with van der Waals surface area (Å²) in [6.07, 6.45) is 0. The van der Waals surface area contributed by atoms with E-state index in [2.05, 4.69) is 15.9 Å². The van der Waals surface area contributed by atoms with Gasteiger partial charge in [-0.25, -0.2) is 0 Å². The fourth-order valence-corrected chi connectivity index (χ4v) is 1.94. The van der Waals surface area contributed by atoms with Crippen LogP contribution in [-0.4, -0.2) is 23.9 Å². The summed E-state index contributed by atoms with van der Waals surface area (Å²) in [5.41, 5.74) is 0.682. The summed E-state index contributed by atoms with van der Waals surface area (Å²) < 4.78 is 0.761. The zero-order valence-electron chi connectivity index (χ0n) is 6.76. The average molecular weight is 261 g/mol. The molecule has 13 heavy (non-hydrogen) atoms. The summed E-state index contributed by atoms with van der Waals surface area (Å²) in [6, 6.07) is 5.20. The van der Waals surface area contributed by atoms with Gasteiger partial charge in [0.05, 0.1) is 5.56 Å². The third-order valence-electron chi connectivity index (χ3n) is 1.90. The number of nitrogens with zero attached hydrogens (tertiary/aromatic N) is 1. The average Bonchev–Trinajstić information content (AvgIpc) is 2.85. The van der Waals surface area contributed by atoms with Crippen LogP contribution in [0.1, 0.15) is 10.4 Å². The molecule has 4 heteroatoms. The molecular formula is C9H7BrClNO. The van der Waals surface area contributed by atoms with Crippen LogP contribution in [0.25, 0.3) is 0 Å². The second-order valence-corrected chi connectivity index (χ2v) is 4.21. The van der Waals surface area contributed by atoms with Gasteiger partial charge in [0.1, 0.15) is 0 Å². The summed E-state index contributed by atoms with van der Waals surface area (Å²) in [6.45, 7) is 1.74. The van der Waals surface area contributed by atoms with E-state index in [1.807, 2.05) is 0 Å². The van der Waals surface area contributed by atoms with E-state index in [1.165, 1.54) is 0 Å². The van der Waals surface area contributed by atoms with E-state index in [4.69, 9.17) is 11.6 Å². The lowest BCUT2D eigenvalue weighted by Crippen LogP contribution is -2.10. The highest BCUT2D eigenvalue weighted by Crippen LogP contribution is 2.24. The highest BCUT2D eigenvalue weighted by molar-refractivity contribution is 9.10. The molecule has 1 amide bonds. The van der Waals surface area contributed by atoms with Gasteiger partial charge in [-0.15, -0.1) is 0 Å². The lowest BCUT2D eigenvalue weighted by molar-refractivity contribution is 0.0884. The molecule has 0 aliphatic carbocycles. The number of carbonyl (C=O) groups excluding carboxylic acids is 1. The van der Waals surface area contributed by atoms with Crippen LogP contribution < -0.4 is 0 Å². The van der Waals surface area contributed by atoms with Gasteiger partial charge < -0.3 is 4.90 Å². The second-order valence-electron chi connectivity index (χ2n) is 2.92. The van der Waals surface area contributed by atoms with Crippen molar-refractivity contribution in [2.45, 2.75) is 0 Å². The maximum atomic E-state index is 11.6. The first kappa shape index (κ1) is 9.03. The monoisotopic (exact) mass is 259 g/mol. The van der Waals surface area contributed by atoms with E-state index in [9.17, 15) is 4.79 Å². The van der Waals surface area contributed by atoms with Crippen molar-refractivity contribution >= 4 is 33.4 Å². The minimum Gasteiger partial charge on any atom is -0.335 e. The molecule has 1 aliphatic rings. The smallest absolute Gasteiger partial charge is 0.255 e. The number of carbonyl (C=O) groups is 1. The number of hydrogen-bond donors (Lipinski definition) is 0. The van der Waals surface area contributed by atoms with Gasteiger partial charge in [0, 0.05) is 22.6 Å². The van der Waals surface area contributed by atoms with Crippen LogP contribution >= 0.6 is 27.5 Å². The largest absolute Gasteiger partial charge is 0.335 e. The molecule has 2 nitrogen and oxygen atoms in total. The molecule has 0 saturated carbocycles. The lowest BCUT2D eigenvalue weighted by atomic mass is 10.2. The fraction of sp³-hybridized carbons (Fsp3) is 0.222. The highest BCUT2D eigenvalue weighted by Gasteiger charge is 2.26. The third kappa shape index (κ3) is 1.86. The van der Waals surface area contributed by atoms with Crippen LogP contribution in [0.4, 0.5) is 0 Å². The SMILES string of the molecule is O=C(c1ccc(Cl)cc1Br)N1CC1. The van der Waals surface area contributed by atoms with Crippen molar-refractivity contribution in [2.75, 3.05) is 13.1 Å². The molecule has 1 aromatic carbocycles. The molecule has 1 aromatic rings. The predicted octanol–water partition coefficient (Wildman–Crippen LogP) is 2.56. The molecule has 0 atom stereocenters. The third-order valence-corrected chi connectivity index (χ3v) is 2.79. The summed E-state index contributed by atoms with van der Waals surface area (Å²) in [4.78, 5) is 13.4. The number of rotatable bonds is 1. The summed E-state index contributed by atoms with van der Waals surface area (Å²) in [5, 5.41) is 0.634. The summed E-state index contributed by atoms with van der Waals surface area (Å²) >= 11 is 9.07. The van der Waals surface area contributed by atoms with Gasteiger partial charge in [-0.1, -0.05) is 11.6 Å². The van der Waals surface area contributed by atoms with Crippen molar-refractivity contribution in [1.29, 1.82) is 0 Å². The lowest BCUT2D eigenvalue weighted by Gasteiger charge is -2.03. The molecular weight excluding hydrogens is 253 g/mol. The molecule has 0 bridgehead atoms. The maximum Gasteiger partial charge on any atom is 0.255 e. The Labute approximate surface area is 89.6 Å². The minimum atomic E-state index is 0.0727. The maximum absolute atomic E-state index is 11.6. The van der Waals surface area contributed by atoms with Crippen molar-refractivity contribution in [3.63, 3.8) is 0 Å². The topological polar surface area (TPSA) is 20.1 Å². The minimum absolute atomic E-state index is 0.0727. The number of amides is 1. The Hall–Kier alpha value is -0.540. The van der Waals surface area contributed by atoms with Crippen molar-refractivity contribution in [3.05, 3.63) is 33.3 Å². The molecule has 2 rings (SSSR count). The van der Waals surface area contributed by atoms with E-state index in [0.29, 0.717) is 10.6 Å². The molecule has 1 aliphatic heterocycles. The second kappa shape index (κ2) is 3.31. The van der Waals surface area contributed by atoms with E-state index < -0.39 is 0 Å². The van der Waals surface area contributed by atoms with Crippen LogP contribution in [0.3, 0.4) is 0 Å². The van der Waals surface area contributed by atoms with Gasteiger partial charge in [-0.05, 0) is 34.1 Å². The number of halogens is 2. The van der Waals surface area contributed by atoms with Gasteiger partial charge in [-0.2, -0.15) is 0 Å². The van der Waals surface area contributed by atoms with E-state index >= 15 is 0 Å².